The van der Waals surface area contributed by atoms with E-state index >= 15 is 0 Å². The van der Waals surface area contributed by atoms with Crippen molar-refractivity contribution in [1.82, 2.24) is 10.6 Å². The first-order valence-corrected chi connectivity index (χ1v) is 11.8. The summed E-state index contributed by atoms with van der Waals surface area (Å²) in [6.07, 6.45) is 20.6. The van der Waals surface area contributed by atoms with Crippen LogP contribution in [0.25, 0.3) is 0 Å². The molecule has 0 aromatic carbocycles. The van der Waals surface area contributed by atoms with Crippen molar-refractivity contribution in [3.05, 3.63) is 36.0 Å². The standard InChI is InChI=1S/C24H32N4OS/c29-23(25-15-14-17-6-2-1-3-7-17)19-12-10-18(11-13-19)16-26-22-20-8-4-5-9-21(20)27-24(30)28-22/h4-6,8-9,18-20H,1-3,7,10-16H2,(H,25,29)(H,26,28,30). The summed E-state index contributed by atoms with van der Waals surface area (Å²) < 4.78 is 0. The summed E-state index contributed by atoms with van der Waals surface area (Å²) in [5.74, 6) is 1.94. The molecule has 0 radical (unpaired) electrons. The van der Waals surface area contributed by atoms with E-state index in [9.17, 15) is 4.79 Å². The van der Waals surface area contributed by atoms with Gasteiger partial charge in [0.2, 0.25) is 5.91 Å². The van der Waals surface area contributed by atoms with Crippen molar-refractivity contribution in [2.75, 3.05) is 13.1 Å². The molecule has 30 heavy (non-hydrogen) atoms. The molecule has 0 bridgehead atoms. The van der Waals surface area contributed by atoms with E-state index in [4.69, 9.17) is 17.2 Å². The van der Waals surface area contributed by atoms with Gasteiger partial charge >= 0.3 is 0 Å². The fourth-order valence-corrected chi connectivity index (χ4v) is 5.01. The van der Waals surface area contributed by atoms with Crippen molar-refractivity contribution in [2.45, 2.75) is 57.8 Å². The number of carbonyl (C=O) groups excluding carboxylic acids is 1. The zero-order valence-electron chi connectivity index (χ0n) is 17.6. The molecule has 3 aliphatic carbocycles. The van der Waals surface area contributed by atoms with Crippen molar-refractivity contribution in [2.24, 2.45) is 27.7 Å². The quantitative estimate of drug-likeness (QED) is 0.494. The van der Waals surface area contributed by atoms with Crippen molar-refractivity contribution < 1.29 is 4.79 Å². The van der Waals surface area contributed by atoms with E-state index in [1.165, 1.54) is 31.3 Å². The minimum Gasteiger partial charge on any atom is -0.356 e. The molecule has 1 aliphatic heterocycles. The number of aliphatic imine (C=N–C) groups is 2. The Balaban J connectivity index is 1.20. The van der Waals surface area contributed by atoms with Gasteiger partial charge in [-0.15, -0.1) is 0 Å². The summed E-state index contributed by atoms with van der Waals surface area (Å²) in [5.41, 5.74) is 2.49. The van der Waals surface area contributed by atoms with Crippen molar-refractivity contribution in [3.63, 3.8) is 0 Å². The van der Waals surface area contributed by atoms with Crippen LogP contribution in [0.5, 0.6) is 0 Å². The van der Waals surface area contributed by atoms with Gasteiger partial charge in [0.05, 0.1) is 11.6 Å². The van der Waals surface area contributed by atoms with Crippen LogP contribution in [0.2, 0.25) is 0 Å². The van der Waals surface area contributed by atoms with Gasteiger partial charge < -0.3 is 10.6 Å². The van der Waals surface area contributed by atoms with E-state index in [0.29, 0.717) is 11.0 Å². The fourth-order valence-electron chi connectivity index (χ4n) is 4.80. The Morgan fingerprint density at radius 1 is 1.23 bits per heavy atom. The van der Waals surface area contributed by atoms with Gasteiger partial charge in [-0.2, -0.15) is 0 Å². The lowest BCUT2D eigenvalue weighted by Gasteiger charge is -2.28. The van der Waals surface area contributed by atoms with Crippen LogP contribution < -0.4 is 10.6 Å². The van der Waals surface area contributed by atoms with Crippen LogP contribution in [0, 0.1) is 17.8 Å². The van der Waals surface area contributed by atoms with Crippen LogP contribution in [-0.4, -0.2) is 35.7 Å². The Bertz CT molecular complexity index is 815. The zero-order chi connectivity index (χ0) is 20.8. The van der Waals surface area contributed by atoms with E-state index in [1.54, 1.807) is 0 Å². The number of nitrogens with zero attached hydrogens (tertiary/aromatic N) is 2. The maximum Gasteiger partial charge on any atom is 0.223 e. The van der Waals surface area contributed by atoms with E-state index < -0.39 is 0 Å². The second-order valence-corrected chi connectivity index (χ2v) is 9.17. The number of rotatable bonds is 6. The SMILES string of the molecule is O=C(NCCC1=CCCCC1)C1CCC(CN=C2NC(=S)N=C3C=CC=CC32)CC1. The molecule has 6 heteroatoms. The minimum absolute atomic E-state index is 0.0862. The van der Waals surface area contributed by atoms with Gasteiger partial charge in [0.1, 0.15) is 5.84 Å². The average Bonchev–Trinajstić information content (AvgIpc) is 2.78. The molecule has 1 fully saturated rings. The van der Waals surface area contributed by atoms with Crippen LogP contribution in [0.1, 0.15) is 57.8 Å². The number of nitrogens with one attached hydrogen (secondary N) is 2. The molecule has 4 rings (SSSR count). The summed E-state index contributed by atoms with van der Waals surface area (Å²) in [6, 6.07) is 0. The number of carbonyl (C=O) groups is 1. The lowest BCUT2D eigenvalue weighted by atomic mass is 9.81. The third kappa shape index (κ3) is 5.54. The molecule has 1 unspecified atom stereocenters. The molecule has 1 amide bonds. The maximum atomic E-state index is 12.5. The van der Waals surface area contributed by atoms with Crippen molar-refractivity contribution in [3.8, 4) is 0 Å². The Hall–Kier alpha value is -2.08. The molecule has 160 valence electrons. The molecule has 0 aromatic heterocycles. The van der Waals surface area contributed by atoms with Gasteiger partial charge in [-0.05, 0) is 82.0 Å². The number of allylic oxidation sites excluding steroid dienone is 4. The van der Waals surface area contributed by atoms with E-state index in [2.05, 4.69) is 27.8 Å². The molecule has 1 heterocycles. The summed E-state index contributed by atoms with van der Waals surface area (Å²) >= 11 is 5.26. The largest absolute Gasteiger partial charge is 0.356 e. The van der Waals surface area contributed by atoms with Gasteiger partial charge in [0, 0.05) is 19.0 Å². The summed E-state index contributed by atoms with van der Waals surface area (Å²) in [5, 5.41) is 6.84. The Kier molecular flexibility index (Phi) is 7.26. The van der Waals surface area contributed by atoms with Gasteiger partial charge in [0.25, 0.3) is 0 Å². The van der Waals surface area contributed by atoms with Gasteiger partial charge in [-0.3, -0.25) is 9.79 Å². The molecular weight excluding hydrogens is 392 g/mol. The lowest BCUT2D eigenvalue weighted by molar-refractivity contribution is -0.126. The predicted octanol–water partition coefficient (Wildman–Crippen LogP) is 4.27. The van der Waals surface area contributed by atoms with Crippen molar-refractivity contribution >= 4 is 34.8 Å². The Morgan fingerprint density at radius 3 is 2.90 bits per heavy atom. The fraction of sp³-hybridized carbons (Fsp3) is 0.583. The first-order valence-electron chi connectivity index (χ1n) is 11.4. The van der Waals surface area contributed by atoms with E-state index in [-0.39, 0.29) is 17.7 Å². The monoisotopic (exact) mass is 424 g/mol. The second-order valence-electron chi connectivity index (χ2n) is 8.78. The van der Waals surface area contributed by atoms with E-state index in [1.807, 2.05) is 18.2 Å². The van der Waals surface area contributed by atoms with Crippen LogP contribution in [0.15, 0.2) is 45.9 Å². The number of thiocarbonyl (C=S) groups is 1. The van der Waals surface area contributed by atoms with Gasteiger partial charge in [-0.25, -0.2) is 4.99 Å². The van der Waals surface area contributed by atoms with Crippen LogP contribution in [-0.2, 0) is 4.79 Å². The van der Waals surface area contributed by atoms with Gasteiger partial charge in [0.15, 0.2) is 5.11 Å². The van der Waals surface area contributed by atoms with E-state index in [0.717, 1.165) is 56.7 Å². The third-order valence-electron chi connectivity index (χ3n) is 6.63. The lowest BCUT2D eigenvalue weighted by Crippen LogP contribution is -2.42. The topological polar surface area (TPSA) is 65.8 Å². The molecule has 5 nitrogen and oxygen atoms in total. The number of fused-ring (bicyclic) bond motifs is 1. The number of hydrogen-bond donors (Lipinski definition) is 2. The number of amidine groups is 1. The number of amides is 1. The Labute approximate surface area is 184 Å². The average molecular weight is 425 g/mol. The highest BCUT2D eigenvalue weighted by Crippen LogP contribution is 2.29. The molecule has 1 atom stereocenters. The zero-order valence-corrected chi connectivity index (χ0v) is 18.4. The molecule has 0 saturated heterocycles. The summed E-state index contributed by atoms with van der Waals surface area (Å²) in [4.78, 5) is 21.8. The predicted molar refractivity (Wildman–Crippen MR) is 127 cm³/mol. The summed E-state index contributed by atoms with van der Waals surface area (Å²) in [7, 11) is 0. The summed E-state index contributed by atoms with van der Waals surface area (Å²) in [6.45, 7) is 1.58. The Morgan fingerprint density at radius 2 is 2.10 bits per heavy atom. The molecule has 2 N–H and O–H groups in total. The van der Waals surface area contributed by atoms with Crippen LogP contribution >= 0.6 is 12.2 Å². The normalized spacial score (nSPS) is 29.7. The van der Waals surface area contributed by atoms with Crippen molar-refractivity contribution in [1.29, 1.82) is 0 Å². The highest BCUT2D eigenvalue weighted by Gasteiger charge is 2.28. The second kappa shape index (κ2) is 10.3. The highest BCUT2D eigenvalue weighted by molar-refractivity contribution is 7.80. The minimum atomic E-state index is 0.0862. The first-order chi connectivity index (χ1) is 14.7. The molecule has 1 saturated carbocycles. The van der Waals surface area contributed by atoms with Crippen LogP contribution in [0.4, 0.5) is 0 Å². The third-order valence-corrected chi connectivity index (χ3v) is 6.82. The molecule has 0 spiro atoms. The first kappa shape index (κ1) is 21.2. The highest BCUT2D eigenvalue weighted by atomic mass is 32.1. The number of hydrogen-bond acceptors (Lipinski definition) is 3. The maximum absolute atomic E-state index is 12.5. The van der Waals surface area contributed by atoms with Crippen LogP contribution in [0.3, 0.4) is 0 Å². The van der Waals surface area contributed by atoms with Gasteiger partial charge in [-0.1, -0.05) is 29.9 Å². The molecular formula is C24H32N4OS. The molecule has 4 aliphatic rings. The smallest absolute Gasteiger partial charge is 0.223 e. The molecule has 0 aromatic rings.